The molecule has 0 aliphatic heterocycles. The van der Waals surface area contributed by atoms with E-state index >= 15 is 0 Å². The number of thiophene rings is 1. The quantitative estimate of drug-likeness (QED) is 0.743. The normalized spacial score (nSPS) is 13.5. The topological polar surface area (TPSA) is 26.0 Å². The molecule has 0 aliphatic carbocycles. The third-order valence-corrected chi connectivity index (χ3v) is 3.25. The Morgan fingerprint density at radius 3 is 2.85 bits per heavy atom. The van der Waals surface area contributed by atoms with E-state index in [1.54, 1.807) is 23.5 Å². The van der Waals surface area contributed by atoms with Crippen molar-refractivity contribution in [1.82, 2.24) is 0 Å². The van der Waals surface area contributed by atoms with Crippen LogP contribution in [0.2, 0.25) is 0 Å². The molecule has 2 rings (SSSR count). The van der Waals surface area contributed by atoms with Crippen LogP contribution in [-0.4, -0.2) is 0 Å². The minimum atomic E-state index is -0.189. The van der Waals surface area contributed by atoms with Crippen molar-refractivity contribution in [3.8, 4) is 0 Å². The van der Waals surface area contributed by atoms with Crippen LogP contribution in [0.4, 0.5) is 4.39 Å². The molecule has 0 aliphatic rings. The highest BCUT2D eigenvalue weighted by Gasteiger charge is 2.05. The van der Waals surface area contributed by atoms with Gasteiger partial charge in [0, 0.05) is 15.6 Å². The molecule has 0 bridgehead atoms. The van der Waals surface area contributed by atoms with Gasteiger partial charge in [-0.25, -0.2) is 4.39 Å². The van der Waals surface area contributed by atoms with Gasteiger partial charge in [-0.2, -0.15) is 0 Å². The van der Waals surface area contributed by atoms with E-state index in [2.05, 4.69) is 0 Å². The van der Waals surface area contributed by atoms with Crippen LogP contribution in [0.3, 0.4) is 0 Å². The van der Waals surface area contributed by atoms with E-state index in [4.69, 9.17) is 5.73 Å². The van der Waals surface area contributed by atoms with Gasteiger partial charge in [-0.15, -0.1) is 11.3 Å². The lowest BCUT2D eigenvalue weighted by atomic mass is 10.2. The molecule has 0 unspecified atom stereocenters. The van der Waals surface area contributed by atoms with Crippen molar-refractivity contribution in [3.05, 3.63) is 35.0 Å². The van der Waals surface area contributed by atoms with Gasteiger partial charge in [0.15, 0.2) is 0 Å². The van der Waals surface area contributed by atoms with Gasteiger partial charge in [0.2, 0.25) is 0 Å². The van der Waals surface area contributed by atoms with Crippen molar-refractivity contribution in [2.45, 2.75) is 13.0 Å². The number of hydrogen-bond acceptors (Lipinski definition) is 2. The summed E-state index contributed by atoms with van der Waals surface area (Å²) in [6.45, 7) is 1.93. The summed E-state index contributed by atoms with van der Waals surface area (Å²) in [6, 6.07) is 6.85. The number of halogens is 1. The van der Waals surface area contributed by atoms with Crippen molar-refractivity contribution >= 4 is 21.4 Å². The predicted octanol–water partition coefficient (Wildman–Crippen LogP) is 3.06. The van der Waals surface area contributed by atoms with E-state index < -0.39 is 0 Å². The average Bonchev–Trinajstić information content (AvgIpc) is 2.46. The van der Waals surface area contributed by atoms with Crippen LogP contribution in [0.15, 0.2) is 24.3 Å². The lowest BCUT2D eigenvalue weighted by molar-refractivity contribution is 0.630. The fraction of sp³-hybridized carbons (Fsp3) is 0.200. The van der Waals surface area contributed by atoms with Gasteiger partial charge in [0.1, 0.15) is 5.82 Å². The molecule has 2 aromatic rings. The first-order valence-electron chi connectivity index (χ1n) is 4.11. The van der Waals surface area contributed by atoms with Crippen LogP contribution in [-0.2, 0) is 0 Å². The smallest absolute Gasteiger partial charge is 0.124 e. The zero-order valence-corrected chi connectivity index (χ0v) is 8.07. The lowest BCUT2D eigenvalue weighted by Gasteiger charge is -1.96. The summed E-state index contributed by atoms with van der Waals surface area (Å²) in [5.74, 6) is -0.189. The van der Waals surface area contributed by atoms with Gasteiger partial charge >= 0.3 is 0 Å². The molecule has 1 aromatic carbocycles. The second-order valence-corrected chi connectivity index (χ2v) is 4.23. The second kappa shape index (κ2) is 3.09. The highest BCUT2D eigenvalue weighted by molar-refractivity contribution is 7.19. The number of rotatable bonds is 1. The van der Waals surface area contributed by atoms with Gasteiger partial charge in [-0.05, 0) is 30.5 Å². The Hall–Kier alpha value is -0.930. The molecule has 0 spiro atoms. The zero-order valence-electron chi connectivity index (χ0n) is 7.25. The molecular weight excluding hydrogens is 185 g/mol. The standard InChI is InChI=1S/C10H10FNS/c1-6(12)9-4-7-2-3-8(11)5-10(7)13-9/h2-6H,12H2,1H3/t6-/m1/s1. The summed E-state index contributed by atoms with van der Waals surface area (Å²) in [5.41, 5.74) is 5.73. The first kappa shape index (κ1) is 8.66. The van der Waals surface area contributed by atoms with Gasteiger partial charge < -0.3 is 5.73 Å². The van der Waals surface area contributed by atoms with Gasteiger partial charge in [0.25, 0.3) is 0 Å². The Morgan fingerprint density at radius 2 is 2.15 bits per heavy atom. The molecule has 1 heterocycles. The maximum atomic E-state index is 12.8. The molecule has 2 N–H and O–H groups in total. The molecule has 0 fully saturated rings. The Morgan fingerprint density at radius 1 is 1.38 bits per heavy atom. The SMILES string of the molecule is C[C@@H](N)c1cc2ccc(F)cc2s1. The van der Waals surface area contributed by atoms with Crippen LogP contribution in [0.1, 0.15) is 17.8 Å². The summed E-state index contributed by atoms with van der Waals surface area (Å²) < 4.78 is 13.8. The van der Waals surface area contributed by atoms with E-state index in [1.165, 1.54) is 6.07 Å². The first-order valence-corrected chi connectivity index (χ1v) is 4.93. The summed E-state index contributed by atoms with van der Waals surface area (Å²) >= 11 is 1.55. The van der Waals surface area contributed by atoms with Crippen LogP contribution < -0.4 is 5.73 Å². The van der Waals surface area contributed by atoms with Gasteiger partial charge in [-0.1, -0.05) is 6.07 Å². The third-order valence-electron chi connectivity index (χ3n) is 1.95. The molecule has 0 saturated heterocycles. The van der Waals surface area contributed by atoms with Gasteiger partial charge in [-0.3, -0.25) is 0 Å². The first-order chi connectivity index (χ1) is 6.16. The number of hydrogen-bond donors (Lipinski definition) is 1. The zero-order chi connectivity index (χ0) is 9.42. The summed E-state index contributed by atoms with van der Waals surface area (Å²) in [4.78, 5) is 1.10. The molecular formula is C10H10FNS. The van der Waals surface area contributed by atoms with E-state index in [9.17, 15) is 4.39 Å². The molecule has 68 valence electrons. The van der Waals surface area contributed by atoms with Crippen LogP contribution >= 0.6 is 11.3 Å². The van der Waals surface area contributed by atoms with Crippen molar-refractivity contribution in [3.63, 3.8) is 0 Å². The van der Waals surface area contributed by atoms with Crippen LogP contribution in [0.25, 0.3) is 10.1 Å². The third kappa shape index (κ3) is 1.57. The largest absolute Gasteiger partial charge is 0.324 e. The highest BCUT2D eigenvalue weighted by atomic mass is 32.1. The maximum Gasteiger partial charge on any atom is 0.124 e. The molecule has 0 amide bonds. The Kier molecular flexibility index (Phi) is 2.06. The van der Waals surface area contributed by atoms with Crippen molar-refractivity contribution in [2.75, 3.05) is 0 Å². The highest BCUT2D eigenvalue weighted by Crippen LogP contribution is 2.29. The van der Waals surface area contributed by atoms with Crippen molar-refractivity contribution < 1.29 is 4.39 Å². The number of nitrogens with two attached hydrogens (primary N) is 1. The summed E-state index contributed by atoms with van der Waals surface area (Å²) in [7, 11) is 0. The number of fused-ring (bicyclic) bond motifs is 1. The molecule has 0 saturated carbocycles. The minimum absolute atomic E-state index is 0.0282. The fourth-order valence-corrected chi connectivity index (χ4v) is 2.29. The van der Waals surface area contributed by atoms with Gasteiger partial charge in [0.05, 0.1) is 0 Å². The second-order valence-electron chi connectivity index (χ2n) is 3.12. The maximum absolute atomic E-state index is 12.8. The lowest BCUT2D eigenvalue weighted by Crippen LogP contribution is -2.01. The molecule has 13 heavy (non-hydrogen) atoms. The fourth-order valence-electron chi connectivity index (χ4n) is 1.25. The van der Waals surface area contributed by atoms with E-state index in [1.807, 2.05) is 13.0 Å². The molecule has 0 radical (unpaired) electrons. The van der Waals surface area contributed by atoms with Crippen molar-refractivity contribution in [2.24, 2.45) is 5.73 Å². The van der Waals surface area contributed by atoms with E-state index in [0.29, 0.717) is 0 Å². The van der Waals surface area contributed by atoms with Crippen LogP contribution in [0, 0.1) is 5.82 Å². The van der Waals surface area contributed by atoms with E-state index in [0.717, 1.165) is 15.0 Å². The minimum Gasteiger partial charge on any atom is -0.324 e. The van der Waals surface area contributed by atoms with Crippen LogP contribution in [0.5, 0.6) is 0 Å². The Labute approximate surface area is 80.0 Å². The Balaban J connectivity index is 2.62. The monoisotopic (exact) mass is 195 g/mol. The molecule has 3 heteroatoms. The van der Waals surface area contributed by atoms with Crippen molar-refractivity contribution in [1.29, 1.82) is 0 Å². The Bertz CT molecular complexity index is 433. The average molecular weight is 195 g/mol. The molecule has 1 nitrogen and oxygen atoms in total. The number of benzene rings is 1. The van der Waals surface area contributed by atoms with E-state index in [-0.39, 0.29) is 11.9 Å². The summed E-state index contributed by atoms with van der Waals surface area (Å²) in [5, 5.41) is 1.07. The predicted molar refractivity (Wildman–Crippen MR) is 54.4 cm³/mol. The molecule has 1 aromatic heterocycles. The molecule has 1 atom stereocenters. The summed E-state index contributed by atoms with van der Waals surface area (Å²) in [6.07, 6.45) is 0.